The van der Waals surface area contributed by atoms with Crippen LogP contribution in [0.2, 0.25) is 0 Å². The maximum atomic E-state index is 13.5. The van der Waals surface area contributed by atoms with Crippen molar-refractivity contribution in [1.82, 2.24) is 4.98 Å². The minimum Gasteiger partial charge on any atom is -0.330 e. The molecule has 2 rings (SSSR count). The number of nitrogens with zero attached hydrogens (tertiary/aromatic N) is 1. The summed E-state index contributed by atoms with van der Waals surface area (Å²) >= 11 is 0. The van der Waals surface area contributed by atoms with Gasteiger partial charge in [0, 0.05) is 23.7 Å². The van der Waals surface area contributed by atoms with Gasteiger partial charge in [0.2, 0.25) is 5.95 Å². The zero-order valence-corrected chi connectivity index (χ0v) is 8.55. The van der Waals surface area contributed by atoms with E-state index in [1.807, 2.05) is 0 Å². The van der Waals surface area contributed by atoms with Crippen molar-refractivity contribution in [2.45, 2.75) is 25.7 Å². The molecule has 0 aromatic carbocycles. The Bertz CT molecular complexity index is 362. The molecule has 0 amide bonds. The minimum absolute atomic E-state index is 0.103. The number of hydrogen-bond donors (Lipinski definition) is 1. The van der Waals surface area contributed by atoms with E-state index in [0.29, 0.717) is 12.1 Å². The quantitative estimate of drug-likeness (QED) is 0.730. The highest BCUT2D eigenvalue weighted by molar-refractivity contribution is 5.36. The van der Waals surface area contributed by atoms with Crippen LogP contribution in [-0.4, -0.2) is 11.5 Å². The Labute approximate surface area is 83.3 Å². The van der Waals surface area contributed by atoms with Crippen LogP contribution in [0.25, 0.3) is 0 Å². The lowest BCUT2D eigenvalue weighted by molar-refractivity contribution is 0.466. The van der Waals surface area contributed by atoms with Gasteiger partial charge >= 0.3 is 0 Å². The number of aromatic nitrogens is 1. The van der Waals surface area contributed by atoms with Crippen molar-refractivity contribution in [3.05, 3.63) is 29.8 Å². The third kappa shape index (κ3) is 1.08. The van der Waals surface area contributed by atoms with Gasteiger partial charge in [-0.1, -0.05) is 19.9 Å². The number of halogens is 1. The van der Waals surface area contributed by atoms with Crippen LogP contribution in [0.4, 0.5) is 4.39 Å². The van der Waals surface area contributed by atoms with Crippen molar-refractivity contribution in [3.63, 3.8) is 0 Å². The average Bonchev–Trinajstić information content (AvgIpc) is 2.70. The SMILES string of the molecule is CC1(C)CC1(CN)c1cccnc1F. The second-order valence-electron chi connectivity index (χ2n) is 4.69. The van der Waals surface area contributed by atoms with Crippen molar-refractivity contribution in [3.8, 4) is 0 Å². The molecule has 0 spiro atoms. The Balaban J connectivity index is 2.46. The molecule has 1 atom stereocenters. The summed E-state index contributed by atoms with van der Waals surface area (Å²) in [5.41, 5.74) is 6.34. The van der Waals surface area contributed by atoms with Gasteiger partial charge < -0.3 is 5.73 Å². The van der Waals surface area contributed by atoms with Crippen LogP contribution in [0.15, 0.2) is 18.3 Å². The van der Waals surface area contributed by atoms with Gasteiger partial charge in [-0.2, -0.15) is 4.39 Å². The number of rotatable bonds is 2. The molecular formula is C11H15FN2. The third-order valence-electron chi connectivity index (χ3n) is 3.54. The zero-order valence-electron chi connectivity index (χ0n) is 8.55. The van der Waals surface area contributed by atoms with Crippen LogP contribution < -0.4 is 5.73 Å². The van der Waals surface area contributed by atoms with E-state index >= 15 is 0 Å². The summed E-state index contributed by atoms with van der Waals surface area (Å²) in [7, 11) is 0. The lowest BCUT2D eigenvalue weighted by Crippen LogP contribution is -2.26. The maximum Gasteiger partial charge on any atom is 0.216 e. The van der Waals surface area contributed by atoms with E-state index in [-0.39, 0.29) is 16.8 Å². The van der Waals surface area contributed by atoms with Crippen LogP contribution in [0.3, 0.4) is 0 Å². The molecular weight excluding hydrogens is 179 g/mol. The van der Waals surface area contributed by atoms with E-state index in [4.69, 9.17) is 5.73 Å². The first-order valence-corrected chi connectivity index (χ1v) is 4.85. The summed E-state index contributed by atoms with van der Waals surface area (Å²) in [5, 5.41) is 0. The Morgan fingerprint density at radius 3 is 2.64 bits per heavy atom. The average molecular weight is 194 g/mol. The Hall–Kier alpha value is -0.960. The fourth-order valence-corrected chi connectivity index (χ4v) is 2.37. The van der Waals surface area contributed by atoms with E-state index in [1.54, 1.807) is 12.1 Å². The normalized spacial score (nSPS) is 28.9. The van der Waals surface area contributed by atoms with Crippen LogP contribution in [0.1, 0.15) is 25.8 Å². The highest BCUT2D eigenvalue weighted by Crippen LogP contribution is 2.63. The molecule has 2 N–H and O–H groups in total. The molecule has 1 aromatic rings. The van der Waals surface area contributed by atoms with Crippen molar-refractivity contribution in [2.75, 3.05) is 6.54 Å². The second kappa shape index (κ2) is 2.76. The molecule has 0 saturated heterocycles. The van der Waals surface area contributed by atoms with Crippen LogP contribution in [-0.2, 0) is 5.41 Å². The summed E-state index contributed by atoms with van der Waals surface area (Å²) in [6.07, 6.45) is 2.41. The lowest BCUT2D eigenvalue weighted by atomic mass is 9.89. The highest BCUT2D eigenvalue weighted by Gasteiger charge is 2.62. The summed E-state index contributed by atoms with van der Waals surface area (Å²) in [4.78, 5) is 3.68. The van der Waals surface area contributed by atoms with E-state index in [1.165, 1.54) is 6.20 Å². The zero-order chi connectivity index (χ0) is 10.4. The molecule has 0 aliphatic heterocycles. The van der Waals surface area contributed by atoms with Crippen LogP contribution in [0, 0.1) is 11.4 Å². The second-order valence-corrected chi connectivity index (χ2v) is 4.69. The summed E-state index contributed by atoms with van der Waals surface area (Å²) in [6, 6.07) is 3.56. The smallest absolute Gasteiger partial charge is 0.216 e. The molecule has 2 nitrogen and oxygen atoms in total. The van der Waals surface area contributed by atoms with Crippen LogP contribution in [0.5, 0.6) is 0 Å². The van der Waals surface area contributed by atoms with Gasteiger partial charge in [-0.3, -0.25) is 0 Å². The lowest BCUT2D eigenvalue weighted by Gasteiger charge is -2.18. The highest BCUT2D eigenvalue weighted by atomic mass is 19.1. The number of hydrogen-bond acceptors (Lipinski definition) is 2. The Morgan fingerprint density at radius 2 is 2.21 bits per heavy atom. The largest absolute Gasteiger partial charge is 0.330 e. The van der Waals surface area contributed by atoms with Crippen molar-refractivity contribution in [1.29, 1.82) is 0 Å². The number of nitrogens with two attached hydrogens (primary N) is 1. The monoisotopic (exact) mass is 194 g/mol. The molecule has 1 aliphatic carbocycles. The molecule has 0 bridgehead atoms. The predicted molar refractivity (Wildman–Crippen MR) is 53.3 cm³/mol. The molecule has 14 heavy (non-hydrogen) atoms. The minimum atomic E-state index is -0.372. The fourth-order valence-electron chi connectivity index (χ4n) is 2.37. The van der Waals surface area contributed by atoms with E-state index in [0.717, 1.165) is 6.42 Å². The van der Waals surface area contributed by atoms with Crippen molar-refractivity contribution in [2.24, 2.45) is 11.1 Å². The molecule has 1 aromatic heterocycles. The molecule has 0 radical (unpaired) electrons. The molecule has 1 unspecified atom stereocenters. The van der Waals surface area contributed by atoms with Gasteiger partial charge in [0.25, 0.3) is 0 Å². The molecule has 76 valence electrons. The van der Waals surface area contributed by atoms with Crippen molar-refractivity contribution >= 4 is 0 Å². The van der Waals surface area contributed by atoms with Gasteiger partial charge in [0.15, 0.2) is 0 Å². The van der Waals surface area contributed by atoms with Crippen molar-refractivity contribution < 1.29 is 4.39 Å². The van der Waals surface area contributed by atoms with Gasteiger partial charge in [-0.05, 0) is 17.9 Å². The molecule has 3 heteroatoms. The summed E-state index contributed by atoms with van der Waals surface area (Å²) in [5.74, 6) is -0.372. The topological polar surface area (TPSA) is 38.9 Å². The summed E-state index contributed by atoms with van der Waals surface area (Å²) < 4.78 is 13.5. The summed E-state index contributed by atoms with van der Waals surface area (Å²) in [6.45, 7) is 4.72. The molecule has 1 heterocycles. The first kappa shape index (κ1) is 9.59. The van der Waals surface area contributed by atoms with E-state index in [9.17, 15) is 4.39 Å². The Morgan fingerprint density at radius 1 is 1.57 bits per heavy atom. The molecule has 1 saturated carbocycles. The third-order valence-corrected chi connectivity index (χ3v) is 3.54. The Kier molecular flexibility index (Phi) is 1.89. The van der Waals surface area contributed by atoms with Gasteiger partial charge in [-0.15, -0.1) is 0 Å². The first-order chi connectivity index (χ1) is 6.53. The van der Waals surface area contributed by atoms with E-state index < -0.39 is 0 Å². The van der Waals surface area contributed by atoms with E-state index in [2.05, 4.69) is 18.8 Å². The molecule has 1 aliphatic rings. The maximum absolute atomic E-state index is 13.5. The fraction of sp³-hybridized carbons (Fsp3) is 0.545. The van der Waals surface area contributed by atoms with Crippen LogP contribution >= 0.6 is 0 Å². The van der Waals surface area contributed by atoms with Gasteiger partial charge in [0.1, 0.15) is 0 Å². The number of pyridine rings is 1. The van der Waals surface area contributed by atoms with Gasteiger partial charge in [0.05, 0.1) is 0 Å². The first-order valence-electron chi connectivity index (χ1n) is 4.85. The predicted octanol–water partition coefficient (Wildman–Crippen LogP) is 1.85. The van der Waals surface area contributed by atoms with Gasteiger partial charge in [-0.25, -0.2) is 4.98 Å². The molecule has 1 fully saturated rings. The standard InChI is InChI=1S/C11H15FN2/c1-10(2)6-11(10,7-13)8-4-3-5-14-9(8)12/h3-5H,6-7,13H2,1-2H3.